The summed E-state index contributed by atoms with van der Waals surface area (Å²) in [7, 11) is 0. The fraction of sp³-hybridized carbons (Fsp3) is 0.385. The molecule has 0 N–H and O–H groups in total. The Bertz CT molecular complexity index is 1230. The van der Waals surface area contributed by atoms with Crippen molar-refractivity contribution in [1.29, 1.82) is 0 Å². The van der Waals surface area contributed by atoms with Crippen molar-refractivity contribution in [3.8, 4) is 5.75 Å². The molecule has 3 aliphatic rings. The molecule has 2 aliphatic heterocycles. The summed E-state index contributed by atoms with van der Waals surface area (Å²) in [6.45, 7) is 2.22. The highest BCUT2D eigenvalue weighted by Crippen LogP contribution is 2.42. The number of ether oxygens (including phenoxy) is 1. The molecule has 1 saturated carbocycles. The molecular weight excluding hydrogens is 491 g/mol. The van der Waals surface area contributed by atoms with Crippen LogP contribution in [0, 0.1) is 23.7 Å². The molecule has 7 nitrogen and oxygen atoms in total. The predicted molar refractivity (Wildman–Crippen MR) is 131 cm³/mol. The zero-order valence-electron chi connectivity index (χ0n) is 19.1. The van der Waals surface area contributed by atoms with Gasteiger partial charge in [-0.25, -0.2) is 4.90 Å². The second-order valence-corrected chi connectivity index (χ2v) is 10.4. The van der Waals surface area contributed by atoms with E-state index < -0.39 is 11.9 Å². The minimum Gasteiger partial charge on any atom is -0.426 e. The SMILES string of the molecule is C[C@@H]1CC[C@@H]2C(=O)N(c3cccc(OC(=O)[C@H]4CC(=O)N(c5cc(Cl)ccc5Cl)C4)c3)C(=O)[C@@H]2C1. The molecule has 3 amide bonds. The molecule has 3 fully saturated rings. The summed E-state index contributed by atoms with van der Waals surface area (Å²) in [6.07, 6.45) is 2.34. The van der Waals surface area contributed by atoms with E-state index in [2.05, 4.69) is 6.92 Å². The Balaban J connectivity index is 1.30. The minimum absolute atomic E-state index is 0.0218. The van der Waals surface area contributed by atoms with Crippen LogP contribution in [0.5, 0.6) is 5.75 Å². The highest BCUT2D eigenvalue weighted by Gasteiger charge is 2.50. The number of amides is 3. The van der Waals surface area contributed by atoms with E-state index in [9.17, 15) is 19.2 Å². The number of hydrogen-bond acceptors (Lipinski definition) is 5. The van der Waals surface area contributed by atoms with Crippen LogP contribution in [0.1, 0.15) is 32.6 Å². The predicted octanol–water partition coefficient (Wildman–Crippen LogP) is 4.88. The molecule has 0 unspecified atom stereocenters. The van der Waals surface area contributed by atoms with E-state index in [1.54, 1.807) is 36.4 Å². The summed E-state index contributed by atoms with van der Waals surface area (Å²) in [5.74, 6) is -1.84. The third-order valence-corrected chi connectivity index (χ3v) is 7.69. The van der Waals surface area contributed by atoms with Crippen molar-refractivity contribution in [3.05, 3.63) is 52.5 Å². The molecule has 0 radical (unpaired) electrons. The van der Waals surface area contributed by atoms with Crippen LogP contribution in [0.25, 0.3) is 0 Å². The van der Waals surface area contributed by atoms with Gasteiger partial charge in [-0.1, -0.05) is 36.2 Å². The second kappa shape index (κ2) is 9.28. The van der Waals surface area contributed by atoms with Gasteiger partial charge < -0.3 is 9.64 Å². The van der Waals surface area contributed by atoms with Crippen LogP contribution in [0.15, 0.2) is 42.5 Å². The lowest BCUT2D eigenvalue weighted by atomic mass is 9.76. The number of rotatable bonds is 4. The first kappa shape index (κ1) is 23.8. The Morgan fingerprint density at radius 1 is 1.00 bits per heavy atom. The summed E-state index contributed by atoms with van der Waals surface area (Å²) in [5, 5.41) is 0.791. The normalized spacial score (nSPS) is 26.3. The van der Waals surface area contributed by atoms with E-state index in [-0.39, 0.29) is 48.3 Å². The van der Waals surface area contributed by atoms with Gasteiger partial charge in [-0.05, 0) is 55.5 Å². The zero-order valence-corrected chi connectivity index (χ0v) is 20.6. The number of anilines is 2. The Kier molecular flexibility index (Phi) is 6.32. The lowest BCUT2D eigenvalue weighted by molar-refractivity contribution is -0.139. The highest BCUT2D eigenvalue weighted by molar-refractivity contribution is 6.36. The first-order valence-electron chi connectivity index (χ1n) is 11.7. The molecule has 182 valence electrons. The van der Waals surface area contributed by atoms with Gasteiger partial charge in [0.05, 0.1) is 34.2 Å². The van der Waals surface area contributed by atoms with E-state index >= 15 is 0 Å². The van der Waals surface area contributed by atoms with Crippen LogP contribution in [0.4, 0.5) is 11.4 Å². The Labute approximate surface area is 212 Å². The van der Waals surface area contributed by atoms with Crippen molar-refractivity contribution in [2.75, 3.05) is 16.3 Å². The average Bonchev–Trinajstić information content (AvgIpc) is 3.33. The molecule has 2 aromatic rings. The van der Waals surface area contributed by atoms with Gasteiger partial charge in [-0.2, -0.15) is 0 Å². The smallest absolute Gasteiger partial charge is 0.316 e. The maximum atomic E-state index is 13.0. The molecule has 0 spiro atoms. The third-order valence-electron chi connectivity index (χ3n) is 7.14. The Morgan fingerprint density at radius 3 is 2.57 bits per heavy atom. The van der Waals surface area contributed by atoms with Crippen molar-refractivity contribution in [1.82, 2.24) is 0 Å². The van der Waals surface area contributed by atoms with Gasteiger partial charge in [-0.15, -0.1) is 0 Å². The number of hydrogen-bond donors (Lipinski definition) is 0. The lowest BCUT2D eigenvalue weighted by Crippen LogP contribution is -2.31. The van der Waals surface area contributed by atoms with Crippen LogP contribution >= 0.6 is 23.2 Å². The van der Waals surface area contributed by atoms with Crippen LogP contribution in [0.3, 0.4) is 0 Å². The van der Waals surface area contributed by atoms with E-state index in [1.165, 1.54) is 15.9 Å². The summed E-state index contributed by atoms with van der Waals surface area (Å²) < 4.78 is 5.57. The molecule has 0 aromatic heterocycles. The van der Waals surface area contributed by atoms with Crippen molar-refractivity contribution < 1.29 is 23.9 Å². The largest absolute Gasteiger partial charge is 0.426 e. The van der Waals surface area contributed by atoms with Crippen molar-refractivity contribution in [3.63, 3.8) is 0 Å². The average molecular weight is 515 g/mol. The standard InChI is InChI=1S/C26H24Cl2N2O5/c1-14-5-7-19-20(9-14)25(33)30(24(19)32)17-3-2-4-18(12-17)35-26(34)15-10-23(31)29(13-15)22-11-16(27)6-8-21(22)28/h2-4,6,8,11-12,14-15,19-20H,5,7,9-10,13H2,1H3/t14-,15+,19+,20-/m1/s1. The number of esters is 1. The molecule has 1 aliphatic carbocycles. The summed E-state index contributed by atoms with van der Waals surface area (Å²) >= 11 is 12.3. The zero-order chi connectivity index (χ0) is 24.9. The molecule has 9 heteroatoms. The topological polar surface area (TPSA) is 84.0 Å². The minimum atomic E-state index is -0.694. The second-order valence-electron chi connectivity index (χ2n) is 9.56. The molecular formula is C26H24Cl2N2O5. The van der Waals surface area contributed by atoms with Crippen molar-refractivity contribution in [2.45, 2.75) is 32.6 Å². The first-order valence-corrected chi connectivity index (χ1v) is 12.4. The summed E-state index contributed by atoms with van der Waals surface area (Å²) in [6, 6.07) is 11.2. The number of carbonyl (C=O) groups excluding carboxylic acids is 4. The number of nitrogens with zero attached hydrogens (tertiary/aromatic N) is 2. The molecule has 2 saturated heterocycles. The van der Waals surface area contributed by atoms with Crippen molar-refractivity contribution >= 4 is 58.3 Å². The van der Waals surface area contributed by atoms with E-state index in [0.717, 1.165) is 6.42 Å². The van der Waals surface area contributed by atoms with Gasteiger partial charge in [0.1, 0.15) is 5.75 Å². The first-order chi connectivity index (χ1) is 16.7. The lowest BCUT2D eigenvalue weighted by Gasteiger charge is -2.25. The quantitative estimate of drug-likeness (QED) is 0.330. The maximum absolute atomic E-state index is 13.0. The van der Waals surface area contributed by atoms with Crippen LogP contribution in [-0.4, -0.2) is 30.2 Å². The molecule has 4 atom stereocenters. The van der Waals surface area contributed by atoms with Crippen molar-refractivity contribution in [2.24, 2.45) is 23.7 Å². The van der Waals surface area contributed by atoms with Gasteiger partial charge in [0.25, 0.3) is 0 Å². The van der Waals surface area contributed by atoms with Crippen LogP contribution in [0.2, 0.25) is 10.0 Å². The number of halogens is 2. The van der Waals surface area contributed by atoms with Gasteiger partial charge >= 0.3 is 5.97 Å². The Hall–Kier alpha value is -2.90. The van der Waals surface area contributed by atoms with E-state index in [0.29, 0.717) is 40.2 Å². The van der Waals surface area contributed by atoms with Gasteiger partial charge in [-0.3, -0.25) is 19.2 Å². The fourth-order valence-electron chi connectivity index (χ4n) is 5.32. The molecule has 35 heavy (non-hydrogen) atoms. The van der Waals surface area contributed by atoms with E-state index in [4.69, 9.17) is 27.9 Å². The molecule has 2 aromatic carbocycles. The van der Waals surface area contributed by atoms with Crippen LogP contribution in [-0.2, 0) is 19.2 Å². The summed E-state index contributed by atoms with van der Waals surface area (Å²) in [5.41, 5.74) is 0.838. The third kappa shape index (κ3) is 4.43. The fourth-order valence-corrected chi connectivity index (χ4v) is 5.71. The Morgan fingerprint density at radius 2 is 1.77 bits per heavy atom. The maximum Gasteiger partial charge on any atom is 0.316 e. The monoisotopic (exact) mass is 514 g/mol. The van der Waals surface area contributed by atoms with Gasteiger partial charge in [0.15, 0.2) is 0 Å². The van der Waals surface area contributed by atoms with Crippen LogP contribution < -0.4 is 14.5 Å². The molecule has 5 rings (SSSR count). The van der Waals surface area contributed by atoms with Gasteiger partial charge in [0, 0.05) is 24.1 Å². The number of carbonyl (C=O) groups is 4. The molecule has 0 bridgehead atoms. The highest BCUT2D eigenvalue weighted by atomic mass is 35.5. The molecule has 2 heterocycles. The number of fused-ring (bicyclic) bond motifs is 1. The van der Waals surface area contributed by atoms with E-state index in [1.807, 2.05) is 0 Å². The number of imide groups is 1. The number of benzene rings is 2. The summed E-state index contributed by atoms with van der Waals surface area (Å²) in [4.78, 5) is 54.2. The van der Waals surface area contributed by atoms with Gasteiger partial charge in [0.2, 0.25) is 17.7 Å².